The number of nitrogens with one attached hydrogen (secondary N) is 1. The third kappa shape index (κ3) is 1.94. The zero-order chi connectivity index (χ0) is 11.7. The van der Waals surface area contributed by atoms with E-state index in [0.717, 1.165) is 5.69 Å². The summed E-state index contributed by atoms with van der Waals surface area (Å²) in [5.74, 6) is 0.696. The van der Waals surface area contributed by atoms with Crippen molar-refractivity contribution in [2.24, 2.45) is 0 Å². The average Bonchev–Trinajstić information content (AvgIpc) is 2.79. The standard InChI is InChI=1S/C13H11N3S/c14-11-2-1-6-15-13(11)16-10-3-4-12-9(8-10)5-7-17-12/h1-8H,14H2,(H,15,16). The molecule has 3 aromatic rings. The molecule has 2 heterocycles. The first-order valence-corrected chi connectivity index (χ1v) is 6.16. The van der Waals surface area contributed by atoms with E-state index in [4.69, 9.17) is 5.73 Å². The van der Waals surface area contributed by atoms with Crippen LogP contribution in [0.15, 0.2) is 48.0 Å². The van der Waals surface area contributed by atoms with Gasteiger partial charge >= 0.3 is 0 Å². The predicted octanol–water partition coefficient (Wildman–Crippen LogP) is 3.62. The number of nitrogens with two attached hydrogens (primary N) is 1. The van der Waals surface area contributed by atoms with Crippen molar-refractivity contribution < 1.29 is 0 Å². The van der Waals surface area contributed by atoms with E-state index < -0.39 is 0 Å². The topological polar surface area (TPSA) is 50.9 Å². The maximum Gasteiger partial charge on any atom is 0.153 e. The summed E-state index contributed by atoms with van der Waals surface area (Å²) in [6.07, 6.45) is 1.72. The molecule has 17 heavy (non-hydrogen) atoms. The Morgan fingerprint density at radius 2 is 2.12 bits per heavy atom. The van der Waals surface area contributed by atoms with E-state index in [0.29, 0.717) is 11.5 Å². The minimum atomic E-state index is 0.651. The van der Waals surface area contributed by atoms with E-state index in [9.17, 15) is 0 Å². The van der Waals surface area contributed by atoms with Gasteiger partial charge in [-0.25, -0.2) is 4.98 Å². The van der Waals surface area contributed by atoms with Crippen molar-refractivity contribution in [3.63, 3.8) is 0 Å². The fourth-order valence-corrected chi connectivity index (χ4v) is 2.47. The fraction of sp³-hybridized carbons (Fsp3) is 0. The Bertz CT molecular complexity index is 660. The molecule has 0 aliphatic rings. The van der Waals surface area contributed by atoms with E-state index in [1.54, 1.807) is 17.5 Å². The first-order chi connectivity index (χ1) is 8.33. The SMILES string of the molecule is Nc1cccnc1Nc1ccc2sccc2c1. The van der Waals surface area contributed by atoms with Crippen LogP contribution in [-0.2, 0) is 0 Å². The summed E-state index contributed by atoms with van der Waals surface area (Å²) in [6, 6.07) is 12.0. The maximum atomic E-state index is 5.84. The van der Waals surface area contributed by atoms with Crippen LogP contribution in [-0.4, -0.2) is 4.98 Å². The smallest absolute Gasteiger partial charge is 0.153 e. The lowest BCUT2D eigenvalue weighted by atomic mass is 10.2. The minimum Gasteiger partial charge on any atom is -0.396 e. The van der Waals surface area contributed by atoms with Crippen LogP contribution in [0.5, 0.6) is 0 Å². The molecule has 2 aromatic heterocycles. The van der Waals surface area contributed by atoms with Crippen LogP contribution in [0.1, 0.15) is 0 Å². The molecule has 3 rings (SSSR count). The summed E-state index contributed by atoms with van der Waals surface area (Å²) >= 11 is 1.74. The van der Waals surface area contributed by atoms with Gasteiger partial charge in [0.25, 0.3) is 0 Å². The Kier molecular flexibility index (Phi) is 2.42. The van der Waals surface area contributed by atoms with Crippen molar-refractivity contribution in [2.45, 2.75) is 0 Å². The minimum absolute atomic E-state index is 0.651. The second-order valence-corrected chi connectivity index (χ2v) is 4.69. The van der Waals surface area contributed by atoms with Gasteiger partial charge in [-0.05, 0) is 47.2 Å². The number of anilines is 3. The van der Waals surface area contributed by atoms with Crippen molar-refractivity contribution in [2.75, 3.05) is 11.1 Å². The highest BCUT2D eigenvalue weighted by molar-refractivity contribution is 7.17. The molecule has 3 nitrogen and oxygen atoms in total. The second-order valence-electron chi connectivity index (χ2n) is 3.74. The molecule has 0 unspecified atom stereocenters. The van der Waals surface area contributed by atoms with E-state index >= 15 is 0 Å². The molecule has 84 valence electrons. The van der Waals surface area contributed by atoms with Gasteiger partial charge in [0.2, 0.25) is 0 Å². The van der Waals surface area contributed by atoms with Gasteiger partial charge in [0, 0.05) is 16.6 Å². The molecule has 0 aliphatic carbocycles. The number of aromatic nitrogens is 1. The third-order valence-corrected chi connectivity index (χ3v) is 3.45. The summed E-state index contributed by atoms with van der Waals surface area (Å²) in [7, 11) is 0. The lowest BCUT2D eigenvalue weighted by Crippen LogP contribution is -1.98. The highest BCUT2D eigenvalue weighted by atomic mass is 32.1. The molecule has 0 saturated carbocycles. The zero-order valence-corrected chi connectivity index (χ0v) is 9.87. The summed E-state index contributed by atoms with van der Waals surface area (Å²) in [5, 5.41) is 6.54. The van der Waals surface area contributed by atoms with Gasteiger partial charge in [-0.2, -0.15) is 0 Å². The lowest BCUT2D eigenvalue weighted by molar-refractivity contribution is 1.31. The molecule has 0 bridgehead atoms. The Morgan fingerprint density at radius 3 is 3.00 bits per heavy atom. The number of nitrogen functional groups attached to an aromatic ring is 1. The lowest BCUT2D eigenvalue weighted by Gasteiger charge is -2.07. The maximum absolute atomic E-state index is 5.84. The van der Waals surface area contributed by atoms with Crippen molar-refractivity contribution >= 4 is 38.6 Å². The molecule has 4 heteroatoms. The molecule has 1 aromatic carbocycles. The van der Waals surface area contributed by atoms with Crippen LogP contribution < -0.4 is 11.1 Å². The second kappa shape index (κ2) is 4.07. The largest absolute Gasteiger partial charge is 0.396 e. The fourth-order valence-electron chi connectivity index (χ4n) is 1.70. The molecule has 3 N–H and O–H groups in total. The van der Waals surface area contributed by atoms with E-state index in [1.165, 1.54) is 10.1 Å². The number of rotatable bonds is 2. The van der Waals surface area contributed by atoms with Crippen LogP contribution in [0.25, 0.3) is 10.1 Å². The van der Waals surface area contributed by atoms with Gasteiger partial charge in [0.15, 0.2) is 5.82 Å². The number of benzene rings is 1. The molecule has 0 amide bonds. The van der Waals surface area contributed by atoms with Gasteiger partial charge < -0.3 is 11.1 Å². The summed E-state index contributed by atoms with van der Waals surface area (Å²) < 4.78 is 1.28. The molecule has 0 atom stereocenters. The molecule has 0 saturated heterocycles. The molecular weight excluding hydrogens is 230 g/mol. The molecule has 0 radical (unpaired) electrons. The number of pyridine rings is 1. The Hall–Kier alpha value is -2.07. The predicted molar refractivity (Wildman–Crippen MR) is 73.8 cm³/mol. The van der Waals surface area contributed by atoms with Crippen molar-refractivity contribution in [3.8, 4) is 0 Å². The summed E-state index contributed by atoms with van der Waals surface area (Å²) in [6.45, 7) is 0. The highest BCUT2D eigenvalue weighted by Gasteiger charge is 2.01. The number of nitrogens with zero attached hydrogens (tertiary/aromatic N) is 1. The normalized spacial score (nSPS) is 10.6. The van der Waals surface area contributed by atoms with Gasteiger partial charge in [0.05, 0.1) is 5.69 Å². The monoisotopic (exact) mass is 241 g/mol. The van der Waals surface area contributed by atoms with Crippen LogP contribution >= 0.6 is 11.3 Å². The molecular formula is C13H11N3S. The first-order valence-electron chi connectivity index (χ1n) is 5.28. The van der Waals surface area contributed by atoms with Crippen LogP contribution in [0.4, 0.5) is 17.2 Å². The Morgan fingerprint density at radius 1 is 1.18 bits per heavy atom. The van der Waals surface area contributed by atoms with Crippen molar-refractivity contribution in [1.29, 1.82) is 0 Å². The van der Waals surface area contributed by atoms with Crippen molar-refractivity contribution in [3.05, 3.63) is 48.0 Å². The van der Waals surface area contributed by atoms with Crippen LogP contribution in [0.3, 0.4) is 0 Å². The first kappa shape index (κ1) is 10.1. The Labute approximate surface area is 103 Å². The van der Waals surface area contributed by atoms with Gasteiger partial charge in [-0.15, -0.1) is 11.3 Å². The number of thiophene rings is 1. The molecule has 0 spiro atoms. The Balaban J connectivity index is 1.97. The highest BCUT2D eigenvalue weighted by Crippen LogP contribution is 2.26. The van der Waals surface area contributed by atoms with Crippen LogP contribution in [0, 0.1) is 0 Å². The summed E-state index contributed by atoms with van der Waals surface area (Å²) in [4.78, 5) is 4.21. The van der Waals surface area contributed by atoms with Crippen molar-refractivity contribution in [1.82, 2.24) is 4.98 Å². The molecule has 0 fully saturated rings. The van der Waals surface area contributed by atoms with E-state index in [1.807, 2.05) is 18.2 Å². The quantitative estimate of drug-likeness (QED) is 0.720. The number of fused-ring (bicyclic) bond motifs is 1. The summed E-state index contributed by atoms with van der Waals surface area (Å²) in [5.41, 5.74) is 7.49. The van der Waals surface area contributed by atoms with E-state index in [2.05, 4.69) is 33.9 Å². The van der Waals surface area contributed by atoms with Gasteiger partial charge in [0.1, 0.15) is 0 Å². The zero-order valence-electron chi connectivity index (χ0n) is 9.05. The average molecular weight is 241 g/mol. The van der Waals surface area contributed by atoms with E-state index in [-0.39, 0.29) is 0 Å². The van der Waals surface area contributed by atoms with Gasteiger partial charge in [-0.3, -0.25) is 0 Å². The number of hydrogen-bond donors (Lipinski definition) is 2. The van der Waals surface area contributed by atoms with Crippen LogP contribution in [0.2, 0.25) is 0 Å². The van der Waals surface area contributed by atoms with Gasteiger partial charge in [-0.1, -0.05) is 0 Å². The molecule has 0 aliphatic heterocycles. The third-order valence-electron chi connectivity index (χ3n) is 2.55. The number of hydrogen-bond acceptors (Lipinski definition) is 4.